The minimum atomic E-state index is -1.95. The second-order valence-electron chi connectivity index (χ2n) is 8.48. The molecular formula is C23H39N3O10. The summed E-state index contributed by atoms with van der Waals surface area (Å²) in [5, 5.41) is 5.38. The van der Waals surface area contributed by atoms with Gasteiger partial charge in [-0.3, -0.25) is 24.0 Å². The molecule has 0 aliphatic carbocycles. The van der Waals surface area contributed by atoms with E-state index in [1.54, 1.807) is 0 Å². The number of carbonyl (C=O) groups excluding carboxylic acids is 5. The predicted octanol–water partition coefficient (Wildman–Crippen LogP) is 0.0337. The third-order valence-corrected chi connectivity index (χ3v) is 5.08. The first-order valence-corrected chi connectivity index (χ1v) is 12.0. The van der Waals surface area contributed by atoms with Gasteiger partial charge in [-0.25, -0.2) is 0 Å². The van der Waals surface area contributed by atoms with Gasteiger partial charge in [-0.1, -0.05) is 6.42 Å². The van der Waals surface area contributed by atoms with Gasteiger partial charge in [0.2, 0.25) is 11.8 Å². The fraction of sp³-hybridized carbons (Fsp3) is 0.783. The number of rotatable bonds is 15. The maximum absolute atomic E-state index is 12.0. The molecule has 0 spiro atoms. The number of hydrogen-bond donors (Lipinski definition) is 3. The molecule has 0 radical (unpaired) electrons. The third-order valence-electron chi connectivity index (χ3n) is 5.08. The van der Waals surface area contributed by atoms with Crippen LogP contribution < -0.4 is 16.4 Å². The van der Waals surface area contributed by atoms with Crippen LogP contribution in [0.1, 0.15) is 66.2 Å². The summed E-state index contributed by atoms with van der Waals surface area (Å²) in [4.78, 5) is 59.0. The average Bonchev–Trinajstić information content (AvgIpc) is 2.75. The van der Waals surface area contributed by atoms with Crippen LogP contribution in [0.3, 0.4) is 0 Å². The Balaban J connectivity index is 2.90. The maximum atomic E-state index is 12.0. The Morgan fingerprint density at radius 3 is 2.17 bits per heavy atom. The van der Waals surface area contributed by atoms with E-state index < -0.39 is 48.0 Å². The summed E-state index contributed by atoms with van der Waals surface area (Å²) in [6, 6.07) is -1.19. The highest BCUT2D eigenvalue weighted by Gasteiger charge is 2.57. The highest BCUT2D eigenvalue weighted by molar-refractivity contribution is 5.75. The molecule has 0 aromatic rings. The first-order chi connectivity index (χ1) is 17.0. The number of unbranched alkanes of at least 4 members (excludes halogenated alkanes) is 2. The highest BCUT2D eigenvalue weighted by Crippen LogP contribution is 2.35. The normalized spacial score (nSPS) is 20.6. The molecule has 1 saturated heterocycles. The molecule has 0 bridgehead atoms. The van der Waals surface area contributed by atoms with E-state index in [0.717, 1.165) is 20.3 Å². The molecule has 13 nitrogen and oxygen atoms in total. The molecule has 3 atom stereocenters. The second-order valence-corrected chi connectivity index (χ2v) is 8.48. The standard InChI is InChI=1S/C23H39N3O10/c1-15(27)26-21-22(32-12-7-5-6-9-20(31)25-11-8-10-24)34-19(14-33-16(2)28)13-23(21,35-17(3)29)36-18(4)30/h19,21-22H,5-14,24H2,1-4H3,(H,25,31)(H,26,27). The van der Waals surface area contributed by atoms with Gasteiger partial charge >= 0.3 is 17.9 Å². The number of ether oxygens (including phenoxy) is 5. The highest BCUT2D eigenvalue weighted by atomic mass is 16.8. The molecule has 0 aromatic heterocycles. The maximum Gasteiger partial charge on any atom is 0.305 e. The number of carbonyl (C=O) groups is 5. The Morgan fingerprint density at radius 1 is 0.944 bits per heavy atom. The summed E-state index contributed by atoms with van der Waals surface area (Å²) >= 11 is 0. The minimum Gasteiger partial charge on any atom is -0.463 e. The van der Waals surface area contributed by atoms with E-state index in [2.05, 4.69) is 10.6 Å². The van der Waals surface area contributed by atoms with Gasteiger partial charge in [0.1, 0.15) is 12.7 Å². The van der Waals surface area contributed by atoms with Crippen molar-refractivity contribution < 1.29 is 47.7 Å². The molecule has 206 valence electrons. The number of nitrogens with two attached hydrogens (primary N) is 1. The molecule has 2 amide bonds. The van der Waals surface area contributed by atoms with Crippen molar-refractivity contribution in [3.8, 4) is 0 Å². The molecule has 1 aliphatic heterocycles. The van der Waals surface area contributed by atoms with Crippen molar-refractivity contribution in [2.75, 3.05) is 26.3 Å². The zero-order valence-corrected chi connectivity index (χ0v) is 21.5. The van der Waals surface area contributed by atoms with Crippen LogP contribution in [-0.2, 0) is 47.7 Å². The van der Waals surface area contributed by atoms with Gasteiger partial charge in [0.15, 0.2) is 12.3 Å². The van der Waals surface area contributed by atoms with E-state index in [4.69, 9.17) is 29.4 Å². The number of nitrogens with one attached hydrogen (secondary N) is 2. The zero-order chi connectivity index (χ0) is 27.1. The van der Waals surface area contributed by atoms with E-state index >= 15 is 0 Å². The van der Waals surface area contributed by atoms with Gasteiger partial charge in [-0.15, -0.1) is 0 Å². The molecule has 36 heavy (non-hydrogen) atoms. The van der Waals surface area contributed by atoms with Crippen molar-refractivity contribution in [2.45, 2.75) is 90.4 Å². The summed E-state index contributed by atoms with van der Waals surface area (Å²) < 4.78 is 27.7. The van der Waals surface area contributed by atoms with E-state index in [1.165, 1.54) is 13.8 Å². The van der Waals surface area contributed by atoms with Crippen molar-refractivity contribution in [1.29, 1.82) is 0 Å². The number of amides is 2. The Bertz CT molecular complexity index is 744. The summed E-state index contributed by atoms with van der Waals surface area (Å²) in [5.41, 5.74) is 5.40. The molecule has 1 rings (SSSR count). The van der Waals surface area contributed by atoms with Crippen molar-refractivity contribution in [1.82, 2.24) is 10.6 Å². The van der Waals surface area contributed by atoms with E-state index in [1.807, 2.05) is 0 Å². The van der Waals surface area contributed by atoms with Crippen LogP contribution in [0.2, 0.25) is 0 Å². The minimum absolute atomic E-state index is 0.0495. The largest absolute Gasteiger partial charge is 0.463 e. The van der Waals surface area contributed by atoms with E-state index in [9.17, 15) is 24.0 Å². The molecule has 0 aromatic carbocycles. The van der Waals surface area contributed by atoms with Crippen molar-refractivity contribution in [3.63, 3.8) is 0 Å². The molecular weight excluding hydrogens is 478 g/mol. The van der Waals surface area contributed by atoms with Crippen LogP contribution in [0.4, 0.5) is 0 Å². The van der Waals surface area contributed by atoms with Gasteiger partial charge in [-0.05, 0) is 25.8 Å². The van der Waals surface area contributed by atoms with Crippen LogP contribution >= 0.6 is 0 Å². The van der Waals surface area contributed by atoms with Gasteiger partial charge in [0, 0.05) is 47.3 Å². The van der Waals surface area contributed by atoms with Crippen LogP contribution in [0, 0.1) is 0 Å². The lowest BCUT2D eigenvalue weighted by Crippen LogP contribution is -2.68. The summed E-state index contributed by atoms with van der Waals surface area (Å²) in [6.45, 7) is 5.75. The Hall–Kier alpha value is -2.77. The van der Waals surface area contributed by atoms with Crippen molar-refractivity contribution in [3.05, 3.63) is 0 Å². The third kappa shape index (κ3) is 11.8. The lowest BCUT2D eigenvalue weighted by atomic mass is 9.95. The summed E-state index contributed by atoms with van der Waals surface area (Å²) in [7, 11) is 0. The molecule has 0 saturated carbocycles. The number of hydrogen-bond acceptors (Lipinski definition) is 11. The summed E-state index contributed by atoms with van der Waals surface area (Å²) in [6.07, 6.45) is 0.703. The molecule has 1 aliphatic rings. The summed E-state index contributed by atoms with van der Waals surface area (Å²) in [5.74, 6) is -4.57. The SMILES string of the molecule is CC(=O)NC1C(OCCCCCC(=O)NCCCN)OC(COC(C)=O)CC1(OC(C)=O)OC(C)=O. The molecule has 1 heterocycles. The van der Waals surface area contributed by atoms with Crippen LogP contribution in [0.25, 0.3) is 0 Å². The van der Waals surface area contributed by atoms with Gasteiger partial charge in [0.25, 0.3) is 5.79 Å². The molecule has 13 heteroatoms. The number of esters is 3. The van der Waals surface area contributed by atoms with E-state index in [0.29, 0.717) is 38.8 Å². The Kier molecular flexibility index (Phi) is 14.0. The second kappa shape index (κ2) is 16.1. The quantitative estimate of drug-likeness (QED) is 0.151. The van der Waals surface area contributed by atoms with Crippen molar-refractivity contribution in [2.24, 2.45) is 5.73 Å². The molecule has 3 unspecified atom stereocenters. The fourth-order valence-corrected chi connectivity index (χ4v) is 3.71. The first-order valence-electron chi connectivity index (χ1n) is 12.0. The van der Waals surface area contributed by atoms with Gasteiger partial charge in [-0.2, -0.15) is 0 Å². The van der Waals surface area contributed by atoms with Crippen LogP contribution in [0.15, 0.2) is 0 Å². The van der Waals surface area contributed by atoms with Crippen LogP contribution in [-0.4, -0.2) is 80.2 Å². The van der Waals surface area contributed by atoms with Crippen molar-refractivity contribution >= 4 is 29.7 Å². The Labute approximate surface area is 211 Å². The smallest absolute Gasteiger partial charge is 0.305 e. The molecule has 4 N–H and O–H groups in total. The monoisotopic (exact) mass is 517 g/mol. The topological polar surface area (TPSA) is 182 Å². The van der Waals surface area contributed by atoms with Crippen LogP contribution in [0.5, 0.6) is 0 Å². The first kappa shape index (κ1) is 31.3. The lowest BCUT2D eigenvalue weighted by Gasteiger charge is -2.47. The average molecular weight is 518 g/mol. The van der Waals surface area contributed by atoms with Gasteiger partial charge in [0.05, 0.1) is 6.42 Å². The predicted molar refractivity (Wildman–Crippen MR) is 125 cm³/mol. The zero-order valence-electron chi connectivity index (χ0n) is 21.5. The fourth-order valence-electron chi connectivity index (χ4n) is 3.71. The Morgan fingerprint density at radius 2 is 1.61 bits per heavy atom. The van der Waals surface area contributed by atoms with E-state index in [-0.39, 0.29) is 25.5 Å². The molecule has 1 fully saturated rings. The lowest BCUT2D eigenvalue weighted by molar-refractivity contribution is -0.323. The van der Waals surface area contributed by atoms with Gasteiger partial charge < -0.3 is 40.1 Å².